The van der Waals surface area contributed by atoms with E-state index in [0.717, 1.165) is 12.1 Å². The normalized spacial score (nSPS) is 17.2. The maximum absolute atomic E-state index is 12.9. The summed E-state index contributed by atoms with van der Waals surface area (Å²) in [5.74, 6) is 0.564. The molecule has 6 nitrogen and oxygen atoms in total. The predicted octanol–water partition coefficient (Wildman–Crippen LogP) is 2.66. The number of nitriles is 1. The number of aliphatic hydroxyl groups excluding tert-OH is 1. The van der Waals surface area contributed by atoms with Crippen molar-refractivity contribution in [2.75, 3.05) is 18.0 Å². The summed E-state index contributed by atoms with van der Waals surface area (Å²) < 4.78 is 40.5. The van der Waals surface area contributed by atoms with Crippen LogP contribution in [-0.2, 0) is 13.2 Å². The van der Waals surface area contributed by atoms with Gasteiger partial charge in [0.05, 0.1) is 5.56 Å². The molecule has 3 heterocycles. The molecule has 0 aliphatic carbocycles. The number of hydrogen-bond acceptors (Lipinski definition) is 5. The molecule has 1 atom stereocenters. The summed E-state index contributed by atoms with van der Waals surface area (Å²) in [6.45, 7) is 0.824. The van der Waals surface area contributed by atoms with Crippen molar-refractivity contribution in [1.82, 2.24) is 14.5 Å². The molecule has 1 aliphatic rings. The highest BCUT2D eigenvalue weighted by Crippen LogP contribution is 2.34. The highest BCUT2D eigenvalue weighted by atomic mass is 19.4. The molecule has 1 aliphatic heterocycles. The maximum Gasteiger partial charge on any atom is 0.433 e. The van der Waals surface area contributed by atoms with E-state index in [4.69, 9.17) is 0 Å². The van der Waals surface area contributed by atoms with Gasteiger partial charge in [-0.1, -0.05) is 0 Å². The zero-order valence-corrected chi connectivity index (χ0v) is 14.1. The van der Waals surface area contributed by atoms with Crippen molar-refractivity contribution in [3.8, 4) is 6.07 Å². The van der Waals surface area contributed by atoms with E-state index in [0.29, 0.717) is 31.8 Å². The Balaban J connectivity index is 1.76. The first-order valence-electron chi connectivity index (χ1n) is 8.20. The molecule has 1 unspecified atom stereocenters. The molecule has 0 aromatic carbocycles. The van der Waals surface area contributed by atoms with E-state index in [2.05, 4.69) is 9.97 Å². The van der Waals surface area contributed by atoms with Crippen molar-refractivity contribution in [1.29, 1.82) is 5.26 Å². The number of hydrogen-bond donors (Lipinski definition) is 1. The average Bonchev–Trinajstić information content (AvgIpc) is 3.06. The van der Waals surface area contributed by atoms with Crippen LogP contribution in [0.15, 0.2) is 24.5 Å². The summed E-state index contributed by atoms with van der Waals surface area (Å²) in [5.41, 5.74) is -0.900. The SMILES string of the molecule is Cn1ccnc1C(O)C1CCN(c2nc(C(F)(F)F)ccc2C#N)CC1. The lowest BCUT2D eigenvalue weighted by atomic mass is 9.90. The van der Waals surface area contributed by atoms with Gasteiger partial charge in [0, 0.05) is 32.5 Å². The predicted molar refractivity (Wildman–Crippen MR) is 87.1 cm³/mol. The lowest BCUT2D eigenvalue weighted by Crippen LogP contribution is -2.37. The van der Waals surface area contributed by atoms with Crippen molar-refractivity contribution in [3.05, 3.63) is 41.6 Å². The molecular weight excluding hydrogens is 347 g/mol. The largest absolute Gasteiger partial charge is 0.433 e. The fraction of sp³-hybridized carbons (Fsp3) is 0.471. The Hall–Kier alpha value is -2.60. The first kappa shape index (κ1) is 18.2. The average molecular weight is 365 g/mol. The van der Waals surface area contributed by atoms with Crippen LogP contribution < -0.4 is 4.90 Å². The van der Waals surface area contributed by atoms with Crippen LogP contribution in [0, 0.1) is 17.2 Å². The van der Waals surface area contributed by atoms with Crippen LogP contribution in [-0.4, -0.2) is 32.7 Å². The van der Waals surface area contributed by atoms with E-state index in [1.165, 1.54) is 0 Å². The van der Waals surface area contributed by atoms with Crippen molar-refractivity contribution in [2.24, 2.45) is 13.0 Å². The number of anilines is 1. The smallest absolute Gasteiger partial charge is 0.385 e. The van der Waals surface area contributed by atoms with Gasteiger partial charge in [0.1, 0.15) is 29.5 Å². The summed E-state index contributed by atoms with van der Waals surface area (Å²) in [6.07, 6.45) is -0.802. The van der Waals surface area contributed by atoms with Gasteiger partial charge in [-0.05, 0) is 30.9 Å². The summed E-state index contributed by atoms with van der Waals surface area (Å²) in [5, 5.41) is 19.7. The molecule has 0 bridgehead atoms. The fourth-order valence-corrected chi connectivity index (χ4v) is 3.23. The van der Waals surface area contributed by atoms with Gasteiger partial charge in [0.25, 0.3) is 0 Å². The zero-order chi connectivity index (χ0) is 18.9. The third-order valence-electron chi connectivity index (χ3n) is 4.69. The Morgan fingerprint density at radius 3 is 2.54 bits per heavy atom. The number of piperidine rings is 1. The van der Waals surface area contributed by atoms with Gasteiger partial charge in [-0.3, -0.25) is 0 Å². The number of pyridine rings is 1. The van der Waals surface area contributed by atoms with Crippen LogP contribution in [0.4, 0.5) is 19.0 Å². The number of aryl methyl sites for hydroxylation is 1. The summed E-state index contributed by atoms with van der Waals surface area (Å²) in [4.78, 5) is 9.50. The molecule has 26 heavy (non-hydrogen) atoms. The Labute approximate surface area is 148 Å². The Morgan fingerprint density at radius 1 is 1.31 bits per heavy atom. The van der Waals surface area contributed by atoms with E-state index in [1.807, 2.05) is 6.07 Å². The first-order chi connectivity index (χ1) is 12.3. The summed E-state index contributed by atoms with van der Waals surface area (Å²) in [7, 11) is 1.80. The van der Waals surface area contributed by atoms with Gasteiger partial charge in [-0.2, -0.15) is 18.4 Å². The number of nitrogens with zero attached hydrogens (tertiary/aromatic N) is 5. The van der Waals surface area contributed by atoms with Crippen LogP contribution in [0.1, 0.15) is 36.0 Å². The van der Waals surface area contributed by atoms with Crippen molar-refractivity contribution in [3.63, 3.8) is 0 Å². The second-order valence-electron chi connectivity index (χ2n) is 6.34. The molecule has 138 valence electrons. The Bertz CT molecular complexity index is 819. The van der Waals surface area contributed by atoms with Crippen molar-refractivity contribution in [2.45, 2.75) is 25.1 Å². The van der Waals surface area contributed by atoms with Gasteiger partial charge in [-0.25, -0.2) is 9.97 Å². The van der Waals surface area contributed by atoms with Crippen LogP contribution >= 0.6 is 0 Å². The van der Waals surface area contributed by atoms with Crippen LogP contribution in [0.5, 0.6) is 0 Å². The van der Waals surface area contributed by atoms with Gasteiger partial charge in [0.15, 0.2) is 0 Å². The molecule has 0 amide bonds. The summed E-state index contributed by atoms with van der Waals surface area (Å²) >= 11 is 0. The Morgan fingerprint density at radius 2 is 2.00 bits per heavy atom. The fourth-order valence-electron chi connectivity index (χ4n) is 3.23. The van der Waals surface area contributed by atoms with Crippen LogP contribution in [0.2, 0.25) is 0 Å². The molecule has 1 N–H and O–H groups in total. The molecule has 1 fully saturated rings. The number of imidazole rings is 1. The molecule has 0 radical (unpaired) electrons. The third kappa shape index (κ3) is 3.51. The van der Waals surface area contributed by atoms with Gasteiger partial charge in [-0.15, -0.1) is 0 Å². The van der Waals surface area contributed by atoms with E-state index in [9.17, 15) is 23.5 Å². The molecule has 0 saturated carbocycles. The van der Waals surface area contributed by atoms with Crippen molar-refractivity contribution < 1.29 is 18.3 Å². The quantitative estimate of drug-likeness (QED) is 0.905. The van der Waals surface area contributed by atoms with E-state index >= 15 is 0 Å². The minimum absolute atomic E-state index is 0.0484. The van der Waals surface area contributed by atoms with Crippen LogP contribution in [0.3, 0.4) is 0 Å². The molecule has 9 heteroatoms. The molecule has 1 saturated heterocycles. The van der Waals surface area contributed by atoms with Crippen LogP contribution in [0.25, 0.3) is 0 Å². The van der Waals surface area contributed by atoms with E-state index in [1.54, 1.807) is 28.9 Å². The minimum Gasteiger partial charge on any atom is -0.385 e. The van der Waals surface area contributed by atoms with E-state index in [-0.39, 0.29) is 17.3 Å². The molecular formula is C17H18F3N5O. The number of aromatic nitrogens is 3. The lowest BCUT2D eigenvalue weighted by Gasteiger charge is -2.35. The van der Waals surface area contributed by atoms with Gasteiger partial charge >= 0.3 is 6.18 Å². The zero-order valence-electron chi connectivity index (χ0n) is 14.1. The number of aliphatic hydroxyl groups is 1. The highest BCUT2D eigenvalue weighted by molar-refractivity contribution is 5.54. The monoisotopic (exact) mass is 365 g/mol. The van der Waals surface area contributed by atoms with Crippen molar-refractivity contribution >= 4 is 5.82 Å². The highest BCUT2D eigenvalue weighted by Gasteiger charge is 2.35. The minimum atomic E-state index is -4.56. The van der Waals surface area contributed by atoms with Gasteiger partial charge in [0.2, 0.25) is 0 Å². The number of alkyl halides is 3. The molecule has 0 spiro atoms. The molecule has 3 rings (SSSR count). The summed E-state index contributed by atoms with van der Waals surface area (Å²) in [6, 6.07) is 3.87. The maximum atomic E-state index is 12.9. The third-order valence-corrected chi connectivity index (χ3v) is 4.69. The lowest BCUT2D eigenvalue weighted by molar-refractivity contribution is -0.141. The topological polar surface area (TPSA) is 78.0 Å². The first-order valence-corrected chi connectivity index (χ1v) is 8.20. The second kappa shape index (κ2) is 6.96. The number of halogens is 3. The standard InChI is InChI=1S/C17H18F3N5O/c1-24-9-6-22-16(24)14(26)11-4-7-25(8-5-11)15-12(10-21)2-3-13(23-15)17(18,19)20/h2-3,6,9,11,14,26H,4-5,7-8H2,1H3. The number of rotatable bonds is 3. The van der Waals surface area contributed by atoms with Gasteiger partial charge < -0.3 is 14.6 Å². The van der Waals surface area contributed by atoms with E-state index < -0.39 is 18.0 Å². The molecule has 2 aromatic heterocycles. The molecule has 2 aromatic rings. The Kier molecular flexibility index (Phi) is 4.87. The second-order valence-corrected chi connectivity index (χ2v) is 6.34.